The maximum Gasteiger partial charge on any atom is 0.320 e. The van der Waals surface area contributed by atoms with Gasteiger partial charge in [-0.05, 0) is 31.5 Å². The van der Waals surface area contributed by atoms with Gasteiger partial charge in [-0.3, -0.25) is 4.57 Å². The van der Waals surface area contributed by atoms with Crippen LogP contribution in [-0.2, 0) is 0 Å². The van der Waals surface area contributed by atoms with E-state index in [4.69, 9.17) is 11.6 Å². The number of aryl methyl sites for hydroxylation is 2. The molecule has 0 aliphatic carbocycles. The van der Waals surface area contributed by atoms with Gasteiger partial charge in [0.25, 0.3) is 0 Å². The second-order valence-electron chi connectivity index (χ2n) is 3.40. The minimum atomic E-state index is -2.59. The lowest BCUT2D eigenvalue weighted by Gasteiger charge is -2.05. The molecule has 0 spiro atoms. The number of benzene rings is 1. The predicted octanol–water partition coefficient (Wildman–Crippen LogP) is 4.73. The molecule has 0 radical (unpaired) electrons. The maximum atomic E-state index is 12.7. The zero-order chi connectivity index (χ0) is 13.2. The zero-order valence-electron chi connectivity index (χ0n) is 10.3. The molecule has 0 aliphatic rings. The van der Waals surface area contributed by atoms with Crippen LogP contribution in [0.3, 0.4) is 0 Å². The van der Waals surface area contributed by atoms with E-state index in [1.807, 2.05) is 20.8 Å². The van der Waals surface area contributed by atoms with Crippen LogP contribution in [0.5, 0.6) is 0 Å². The number of imidazole rings is 1. The predicted molar refractivity (Wildman–Crippen MR) is 66.8 cm³/mol. The van der Waals surface area contributed by atoms with Crippen molar-refractivity contribution in [3.63, 3.8) is 0 Å². The highest BCUT2D eigenvalue weighted by atomic mass is 35.5. The van der Waals surface area contributed by atoms with Crippen LogP contribution in [0.2, 0.25) is 5.02 Å². The van der Waals surface area contributed by atoms with Gasteiger partial charge in [0, 0.05) is 5.02 Å². The number of aromatic nitrogens is 2. The first-order chi connectivity index (χ1) is 8.00. The summed E-state index contributed by atoms with van der Waals surface area (Å²) in [6.45, 7) is 4.78. The summed E-state index contributed by atoms with van der Waals surface area (Å²) in [5.41, 5.74) is 1.76. The van der Waals surface area contributed by atoms with Crippen molar-refractivity contribution in [1.82, 2.24) is 9.55 Å². The van der Waals surface area contributed by atoms with Crippen molar-refractivity contribution in [2.45, 2.75) is 34.2 Å². The van der Waals surface area contributed by atoms with Crippen LogP contribution < -0.4 is 0 Å². The Balaban J connectivity index is 0.000000686. The number of hydrogen-bond donors (Lipinski definition) is 0. The van der Waals surface area contributed by atoms with E-state index in [0.29, 0.717) is 21.9 Å². The Kier molecular flexibility index (Phi) is 4.46. The molecule has 5 heteroatoms. The second kappa shape index (κ2) is 5.45. The SMILES string of the molecule is CC.Cc1cc2nc(C)n(C(F)F)c2cc1Cl. The van der Waals surface area contributed by atoms with Crippen molar-refractivity contribution >= 4 is 22.6 Å². The lowest BCUT2D eigenvalue weighted by Crippen LogP contribution is -2.00. The molecule has 1 aromatic carbocycles. The van der Waals surface area contributed by atoms with Gasteiger partial charge in [0.1, 0.15) is 5.82 Å². The van der Waals surface area contributed by atoms with E-state index in [-0.39, 0.29) is 0 Å². The molecule has 17 heavy (non-hydrogen) atoms. The average Bonchev–Trinajstić information content (AvgIpc) is 2.57. The summed E-state index contributed by atoms with van der Waals surface area (Å²) in [6.07, 6.45) is 0. The molecule has 0 aliphatic heterocycles. The fourth-order valence-electron chi connectivity index (χ4n) is 1.59. The summed E-state index contributed by atoms with van der Waals surface area (Å²) in [5.74, 6) is 0.293. The third-order valence-electron chi connectivity index (χ3n) is 2.34. The molecule has 94 valence electrons. The molecule has 0 saturated heterocycles. The molecule has 0 amide bonds. The minimum Gasteiger partial charge on any atom is -0.270 e. The lowest BCUT2D eigenvalue weighted by molar-refractivity contribution is 0.0724. The van der Waals surface area contributed by atoms with Crippen molar-refractivity contribution in [3.8, 4) is 0 Å². The van der Waals surface area contributed by atoms with Crippen LogP contribution >= 0.6 is 11.6 Å². The molecular weight excluding hydrogens is 246 g/mol. The van der Waals surface area contributed by atoms with Crippen LogP contribution in [0.1, 0.15) is 31.8 Å². The van der Waals surface area contributed by atoms with Gasteiger partial charge in [-0.2, -0.15) is 8.78 Å². The highest BCUT2D eigenvalue weighted by Crippen LogP contribution is 2.27. The summed E-state index contributed by atoms with van der Waals surface area (Å²) in [7, 11) is 0. The van der Waals surface area contributed by atoms with E-state index in [2.05, 4.69) is 4.98 Å². The van der Waals surface area contributed by atoms with Crippen LogP contribution in [0.25, 0.3) is 11.0 Å². The minimum absolute atomic E-state index is 0.293. The molecule has 0 N–H and O–H groups in total. The van der Waals surface area contributed by atoms with Crippen LogP contribution in [0.4, 0.5) is 8.78 Å². The first-order valence-electron chi connectivity index (χ1n) is 5.43. The van der Waals surface area contributed by atoms with Crippen molar-refractivity contribution in [3.05, 3.63) is 28.5 Å². The van der Waals surface area contributed by atoms with Gasteiger partial charge in [0.15, 0.2) is 0 Å². The molecule has 0 saturated carbocycles. The van der Waals surface area contributed by atoms with Gasteiger partial charge in [-0.25, -0.2) is 4.98 Å². The Hall–Kier alpha value is -1.16. The smallest absolute Gasteiger partial charge is 0.270 e. The van der Waals surface area contributed by atoms with Gasteiger partial charge in [-0.1, -0.05) is 25.4 Å². The highest BCUT2D eigenvalue weighted by Gasteiger charge is 2.15. The third kappa shape index (κ3) is 2.57. The molecule has 1 heterocycles. The first kappa shape index (κ1) is 13.9. The number of nitrogens with zero attached hydrogens (tertiary/aromatic N) is 2. The van der Waals surface area contributed by atoms with E-state index < -0.39 is 6.55 Å². The Bertz CT molecular complexity index is 521. The molecule has 2 rings (SSSR count). The highest BCUT2D eigenvalue weighted by molar-refractivity contribution is 6.32. The molecular formula is C12H15ClF2N2. The van der Waals surface area contributed by atoms with Crippen molar-refractivity contribution < 1.29 is 8.78 Å². The fourth-order valence-corrected chi connectivity index (χ4v) is 1.75. The van der Waals surface area contributed by atoms with E-state index in [0.717, 1.165) is 10.1 Å². The van der Waals surface area contributed by atoms with Crippen LogP contribution in [0, 0.1) is 13.8 Å². The largest absolute Gasteiger partial charge is 0.320 e. The molecule has 0 bridgehead atoms. The summed E-state index contributed by atoms with van der Waals surface area (Å²) >= 11 is 5.89. The fraction of sp³-hybridized carbons (Fsp3) is 0.417. The summed E-state index contributed by atoms with van der Waals surface area (Å²) in [4.78, 5) is 4.06. The maximum absolute atomic E-state index is 12.7. The van der Waals surface area contributed by atoms with Gasteiger partial charge >= 0.3 is 6.55 Å². The Morgan fingerprint density at radius 3 is 2.35 bits per heavy atom. The Morgan fingerprint density at radius 1 is 1.24 bits per heavy atom. The summed E-state index contributed by atoms with van der Waals surface area (Å²) < 4.78 is 26.3. The normalized spacial score (nSPS) is 10.6. The second-order valence-corrected chi connectivity index (χ2v) is 3.80. The monoisotopic (exact) mass is 260 g/mol. The van der Waals surface area contributed by atoms with Crippen molar-refractivity contribution in [2.75, 3.05) is 0 Å². The van der Waals surface area contributed by atoms with E-state index in [1.54, 1.807) is 13.0 Å². The number of fused-ring (bicyclic) bond motifs is 1. The molecule has 0 fully saturated rings. The summed E-state index contributed by atoms with van der Waals surface area (Å²) in [6, 6.07) is 3.24. The number of rotatable bonds is 1. The van der Waals surface area contributed by atoms with Crippen LogP contribution in [-0.4, -0.2) is 9.55 Å². The molecule has 1 aromatic heterocycles. The first-order valence-corrected chi connectivity index (χ1v) is 5.81. The third-order valence-corrected chi connectivity index (χ3v) is 2.75. The zero-order valence-corrected chi connectivity index (χ0v) is 11.0. The molecule has 0 unspecified atom stereocenters. The lowest BCUT2D eigenvalue weighted by atomic mass is 10.2. The number of halogens is 3. The Labute approximate surface area is 104 Å². The standard InChI is InChI=1S/C10H9ClF2N2.C2H6/c1-5-3-8-9(4-7(5)11)15(10(12)13)6(2)14-8;1-2/h3-4,10H,1-2H3;1-2H3. The average molecular weight is 261 g/mol. The summed E-state index contributed by atoms with van der Waals surface area (Å²) in [5, 5.41) is 0.476. The van der Waals surface area contributed by atoms with Gasteiger partial charge < -0.3 is 0 Å². The van der Waals surface area contributed by atoms with E-state index in [1.165, 1.54) is 6.07 Å². The van der Waals surface area contributed by atoms with Crippen molar-refractivity contribution in [1.29, 1.82) is 0 Å². The van der Waals surface area contributed by atoms with E-state index >= 15 is 0 Å². The molecule has 2 nitrogen and oxygen atoms in total. The van der Waals surface area contributed by atoms with Crippen molar-refractivity contribution in [2.24, 2.45) is 0 Å². The van der Waals surface area contributed by atoms with Crippen LogP contribution in [0.15, 0.2) is 12.1 Å². The number of hydrogen-bond acceptors (Lipinski definition) is 1. The van der Waals surface area contributed by atoms with Gasteiger partial charge in [-0.15, -0.1) is 0 Å². The number of alkyl halides is 2. The Morgan fingerprint density at radius 2 is 1.82 bits per heavy atom. The molecule has 0 atom stereocenters. The molecule has 2 aromatic rings. The quantitative estimate of drug-likeness (QED) is 0.725. The topological polar surface area (TPSA) is 17.8 Å². The van der Waals surface area contributed by atoms with Gasteiger partial charge in [0.05, 0.1) is 11.0 Å². The van der Waals surface area contributed by atoms with Gasteiger partial charge in [0.2, 0.25) is 0 Å². The van der Waals surface area contributed by atoms with E-state index in [9.17, 15) is 8.78 Å².